The van der Waals surface area contributed by atoms with Crippen LogP contribution in [0.3, 0.4) is 0 Å². The van der Waals surface area contributed by atoms with E-state index in [0.717, 1.165) is 59.1 Å². The number of aryl methyl sites for hydroxylation is 2. The van der Waals surface area contributed by atoms with Gasteiger partial charge < -0.3 is 0 Å². The van der Waals surface area contributed by atoms with Gasteiger partial charge in [-0.3, -0.25) is 0 Å². The van der Waals surface area contributed by atoms with E-state index in [1.54, 1.807) is 0 Å². The molecule has 0 aliphatic rings. The highest BCUT2D eigenvalue weighted by Gasteiger charge is 2.12. The van der Waals surface area contributed by atoms with Crippen molar-refractivity contribution in [2.45, 2.75) is 51.4 Å². The quantitative estimate of drug-likeness (QED) is 0.161. The molecule has 0 unspecified atom stereocenters. The van der Waals surface area contributed by atoms with Gasteiger partial charge in [0.25, 0.3) is 0 Å². The zero-order chi connectivity index (χ0) is 25.3. The van der Waals surface area contributed by atoms with Gasteiger partial charge in [-0.05, 0) is 47.9 Å². The topological polar surface area (TPSA) is 0 Å². The summed E-state index contributed by atoms with van der Waals surface area (Å²) in [5, 5.41) is 2.67. The van der Waals surface area contributed by atoms with Crippen LogP contribution in [-0.4, -0.2) is 0 Å². The number of rotatable bonds is 11. The van der Waals surface area contributed by atoms with Crippen LogP contribution in [0.4, 0.5) is 0 Å². The van der Waals surface area contributed by atoms with Crippen molar-refractivity contribution < 1.29 is 0 Å². The lowest BCUT2D eigenvalue weighted by atomic mass is 9.99. The smallest absolute Gasteiger partial charge is 0.0673 e. The van der Waals surface area contributed by atoms with Crippen LogP contribution in [0.5, 0.6) is 0 Å². The van der Waals surface area contributed by atoms with E-state index in [0.29, 0.717) is 20.1 Å². The van der Waals surface area contributed by atoms with Gasteiger partial charge in [-0.25, -0.2) is 0 Å². The molecule has 0 aromatic heterocycles. The summed E-state index contributed by atoms with van der Waals surface area (Å²) in [5.74, 6) is 0. The molecular formula is C32H30Cl4. The fourth-order valence-corrected chi connectivity index (χ4v) is 5.69. The summed E-state index contributed by atoms with van der Waals surface area (Å²) < 4.78 is 0. The lowest BCUT2D eigenvalue weighted by Gasteiger charge is -2.11. The summed E-state index contributed by atoms with van der Waals surface area (Å²) in [6.45, 7) is 0. The monoisotopic (exact) mass is 554 g/mol. The van der Waals surface area contributed by atoms with Crippen molar-refractivity contribution in [1.29, 1.82) is 0 Å². The summed E-state index contributed by atoms with van der Waals surface area (Å²) in [4.78, 5) is 0. The minimum Gasteiger partial charge on any atom is -0.0824 e. The molecule has 4 aromatic carbocycles. The van der Waals surface area contributed by atoms with E-state index in [2.05, 4.69) is 48.5 Å². The number of halogens is 4. The van der Waals surface area contributed by atoms with Gasteiger partial charge in [0.15, 0.2) is 0 Å². The Morgan fingerprint density at radius 2 is 0.722 bits per heavy atom. The Morgan fingerprint density at radius 3 is 1.11 bits per heavy atom. The Morgan fingerprint density at radius 1 is 0.361 bits per heavy atom. The van der Waals surface area contributed by atoms with Gasteiger partial charge >= 0.3 is 0 Å². The molecule has 4 heteroatoms. The minimum atomic E-state index is 0.649. The maximum Gasteiger partial charge on any atom is 0.0673 e. The first-order valence-electron chi connectivity index (χ1n) is 12.6. The van der Waals surface area contributed by atoms with Gasteiger partial charge in [-0.2, -0.15) is 0 Å². The molecule has 186 valence electrons. The van der Waals surface area contributed by atoms with Gasteiger partial charge in [-0.1, -0.05) is 157 Å². The molecule has 0 spiro atoms. The van der Waals surface area contributed by atoms with Crippen molar-refractivity contribution in [3.63, 3.8) is 0 Å². The van der Waals surface area contributed by atoms with Crippen LogP contribution in [0.1, 0.15) is 49.7 Å². The Bertz CT molecular complexity index is 1170. The highest BCUT2D eigenvalue weighted by atomic mass is 35.5. The molecule has 0 heterocycles. The Kier molecular flexibility index (Phi) is 10.2. The second kappa shape index (κ2) is 13.5. The van der Waals surface area contributed by atoms with Crippen LogP contribution in [0.15, 0.2) is 84.9 Å². The largest absolute Gasteiger partial charge is 0.0824 e. The zero-order valence-corrected chi connectivity index (χ0v) is 23.3. The average molecular weight is 556 g/mol. The van der Waals surface area contributed by atoms with Crippen molar-refractivity contribution in [2.24, 2.45) is 0 Å². The standard InChI is InChI=1S/C32H30Cl4/c33-29-25(19-21-27(31(29)35)23-13-9-5-10-14-23)17-7-3-1-2-4-8-18-26-20-22-28(32(36)30(26)34)24-15-11-6-12-16-24/h5-6,9-16,19-22H,1-4,7-8,17-18H2. The van der Waals surface area contributed by atoms with Gasteiger partial charge in [-0.15, -0.1) is 0 Å². The first-order valence-corrected chi connectivity index (χ1v) is 14.1. The molecule has 0 aliphatic carbocycles. The van der Waals surface area contributed by atoms with Gasteiger partial charge in [0.2, 0.25) is 0 Å². The molecule has 0 saturated heterocycles. The van der Waals surface area contributed by atoms with E-state index < -0.39 is 0 Å². The summed E-state index contributed by atoms with van der Waals surface area (Å²) in [5.41, 5.74) is 6.42. The predicted molar refractivity (Wildman–Crippen MR) is 159 cm³/mol. The fraction of sp³-hybridized carbons (Fsp3) is 0.250. The van der Waals surface area contributed by atoms with E-state index in [-0.39, 0.29) is 0 Å². The Balaban J connectivity index is 1.18. The van der Waals surface area contributed by atoms with Gasteiger partial charge in [0, 0.05) is 11.1 Å². The molecule has 0 N–H and O–H groups in total. The summed E-state index contributed by atoms with van der Waals surface area (Å²) in [6, 6.07) is 28.7. The fourth-order valence-electron chi connectivity index (χ4n) is 4.58. The van der Waals surface area contributed by atoms with E-state index in [4.69, 9.17) is 46.4 Å². The molecule has 4 aromatic rings. The highest BCUT2D eigenvalue weighted by molar-refractivity contribution is 6.44. The summed E-state index contributed by atoms with van der Waals surface area (Å²) in [7, 11) is 0. The maximum atomic E-state index is 6.60. The number of benzene rings is 4. The van der Waals surface area contributed by atoms with Gasteiger partial charge in [0.05, 0.1) is 20.1 Å². The van der Waals surface area contributed by atoms with Crippen LogP contribution in [0, 0.1) is 0 Å². The van der Waals surface area contributed by atoms with Crippen LogP contribution in [0.2, 0.25) is 20.1 Å². The third-order valence-electron chi connectivity index (χ3n) is 6.64. The lowest BCUT2D eigenvalue weighted by Crippen LogP contribution is -1.92. The second-order valence-corrected chi connectivity index (χ2v) is 10.7. The molecule has 0 bridgehead atoms. The van der Waals surface area contributed by atoms with E-state index in [1.165, 1.54) is 25.7 Å². The number of unbranched alkanes of at least 4 members (excludes halogenated alkanes) is 5. The van der Waals surface area contributed by atoms with E-state index >= 15 is 0 Å². The van der Waals surface area contributed by atoms with Crippen LogP contribution < -0.4 is 0 Å². The lowest BCUT2D eigenvalue weighted by molar-refractivity contribution is 0.594. The number of hydrogen-bond donors (Lipinski definition) is 0. The molecule has 36 heavy (non-hydrogen) atoms. The third kappa shape index (κ3) is 6.87. The molecule has 0 radical (unpaired) electrons. The SMILES string of the molecule is Clc1c(CCCCCCCCc2ccc(-c3ccccc3)c(Cl)c2Cl)ccc(-c2ccccc2)c1Cl. The van der Waals surface area contributed by atoms with E-state index in [9.17, 15) is 0 Å². The molecule has 0 fully saturated rings. The molecule has 0 saturated carbocycles. The molecule has 4 rings (SSSR count). The average Bonchev–Trinajstić information content (AvgIpc) is 2.91. The van der Waals surface area contributed by atoms with Crippen molar-refractivity contribution in [1.82, 2.24) is 0 Å². The third-order valence-corrected chi connectivity index (χ3v) is 8.48. The predicted octanol–water partition coefficient (Wildman–Crippen LogP) is 11.8. The van der Waals surface area contributed by atoms with Gasteiger partial charge in [0.1, 0.15) is 0 Å². The number of hydrogen-bond acceptors (Lipinski definition) is 0. The van der Waals surface area contributed by atoms with E-state index in [1.807, 2.05) is 36.4 Å². The first kappa shape index (κ1) is 27.1. The zero-order valence-electron chi connectivity index (χ0n) is 20.3. The molecule has 0 nitrogen and oxygen atoms in total. The normalized spacial score (nSPS) is 11.1. The summed E-state index contributed by atoms with van der Waals surface area (Å²) in [6.07, 6.45) is 8.94. The van der Waals surface area contributed by atoms with Crippen LogP contribution >= 0.6 is 46.4 Å². The van der Waals surface area contributed by atoms with Crippen LogP contribution in [0.25, 0.3) is 22.3 Å². The van der Waals surface area contributed by atoms with Crippen molar-refractivity contribution in [2.75, 3.05) is 0 Å². The Labute approximate surface area is 235 Å². The summed E-state index contributed by atoms with van der Waals surface area (Å²) >= 11 is 26.4. The highest BCUT2D eigenvalue weighted by Crippen LogP contribution is 2.37. The minimum absolute atomic E-state index is 0.649. The van der Waals surface area contributed by atoms with Crippen LogP contribution in [-0.2, 0) is 12.8 Å². The van der Waals surface area contributed by atoms with Crippen molar-refractivity contribution in [3.8, 4) is 22.3 Å². The Hall–Kier alpha value is -1.96. The van der Waals surface area contributed by atoms with Crippen molar-refractivity contribution in [3.05, 3.63) is 116 Å². The molecular weight excluding hydrogens is 526 g/mol. The second-order valence-electron chi connectivity index (χ2n) is 9.15. The molecule has 0 atom stereocenters. The first-order chi connectivity index (χ1) is 17.6. The maximum absolute atomic E-state index is 6.60. The molecule has 0 aliphatic heterocycles. The van der Waals surface area contributed by atoms with Crippen molar-refractivity contribution >= 4 is 46.4 Å². The molecule has 0 amide bonds.